The molecular formula is C21H21ClF3N5OS. The average Bonchev–Trinajstić information content (AvgIpc) is 3.13. The summed E-state index contributed by atoms with van der Waals surface area (Å²) in [7, 11) is 0. The first-order valence-corrected chi connectivity index (χ1v) is 11.0. The van der Waals surface area contributed by atoms with Crippen LogP contribution in [0.25, 0.3) is 0 Å². The van der Waals surface area contributed by atoms with Crippen LogP contribution in [0, 0.1) is 0 Å². The summed E-state index contributed by atoms with van der Waals surface area (Å²) < 4.78 is 40.5. The van der Waals surface area contributed by atoms with Crippen LogP contribution in [0.4, 0.5) is 24.5 Å². The second-order valence-electron chi connectivity index (χ2n) is 6.83. The van der Waals surface area contributed by atoms with Crippen molar-refractivity contribution in [3.05, 3.63) is 64.9 Å². The van der Waals surface area contributed by atoms with Gasteiger partial charge in [-0.1, -0.05) is 35.5 Å². The van der Waals surface area contributed by atoms with Gasteiger partial charge in [0.15, 0.2) is 11.0 Å². The molecule has 0 saturated carbocycles. The van der Waals surface area contributed by atoms with Gasteiger partial charge in [-0.05, 0) is 50.2 Å². The van der Waals surface area contributed by atoms with E-state index in [9.17, 15) is 18.0 Å². The van der Waals surface area contributed by atoms with Gasteiger partial charge in [-0.25, -0.2) is 0 Å². The lowest BCUT2D eigenvalue weighted by Gasteiger charge is -2.13. The SMILES string of the molecule is CCn1c(CNc2cccc(C(F)(F)F)c2)nnc1SC(C)C(=O)Nc1cccc(Cl)c1. The van der Waals surface area contributed by atoms with Crippen LogP contribution in [0.2, 0.25) is 5.02 Å². The number of alkyl halides is 3. The molecule has 2 aromatic carbocycles. The van der Waals surface area contributed by atoms with Gasteiger partial charge in [-0.3, -0.25) is 4.79 Å². The molecule has 0 fully saturated rings. The molecule has 32 heavy (non-hydrogen) atoms. The van der Waals surface area contributed by atoms with Gasteiger partial charge in [0.2, 0.25) is 5.91 Å². The largest absolute Gasteiger partial charge is 0.416 e. The van der Waals surface area contributed by atoms with E-state index in [1.54, 1.807) is 37.3 Å². The van der Waals surface area contributed by atoms with Crippen LogP contribution in [-0.2, 0) is 24.1 Å². The Bertz CT molecular complexity index is 1090. The fraction of sp³-hybridized carbons (Fsp3) is 0.286. The molecule has 1 aromatic heterocycles. The third kappa shape index (κ3) is 6.17. The van der Waals surface area contributed by atoms with Crippen molar-refractivity contribution >= 4 is 40.6 Å². The first-order valence-electron chi connectivity index (χ1n) is 9.73. The molecule has 0 aliphatic rings. The zero-order valence-electron chi connectivity index (χ0n) is 17.3. The highest BCUT2D eigenvalue weighted by Gasteiger charge is 2.30. The number of benzene rings is 2. The number of amides is 1. The summed E-state index contributed by atoms with van der Waals surface area (Å²) >= 11 is 7.19. The third-order valence-electron chi connectivity index (χ3n) is 4.49. The quantitative estimate of drug-likeness (QED) is 0.402. The number of carbonyl (C=O) groups excluding carboxylic acids is 1. The predicted molar refractivity (Wildman–Crippen MR) is 120 cm³/mol. The highest BCUT2D eigenvalue weighted by molar-refractivity contribution is 8.00. The molecule has 0 aliphatic heterocycles. The summed E-state index contributed by atoms with van der Waals surface area (Å²) in [4.78, 5) is 12.5. The summed E-state index contributed by atoms with van der Waals surface area (Å²) in [5, 5.41) is 14.6. The molecule has 0 bridgehead atoms. The third-order valence-corrected chi connectivity index (χ3v) is 5.81. The minimum atomic E-state index is -4.41. The summed E-state index contributed by atoms with van der Waals surface area (Å²) in [5.41, 5.74) is 0.196. The minimum absolute atomic E-state index is 0.186. The van der Waals surface area contributed by atoms with Gasteiger partial charge < -0.3 is 15.2 Å². The van der Waals surface area contributed by atoms with E-state index in [2.05, 4.69) is 20.8 Å². The molecule has 0 saturated heterocycles. The summed E-state index contributed by atoms with van der Waals surface area (Å²) in [6.45, 7) is 4.38. The predicted octanol–water partition coefficient (Wildman–Crippen LogP) is 5.70. The number of hydrogen-bond acceptors (Lipinski definition) is 5. The Morgan fingerprint density at radius 3 is 2.56 bits per heavy atom. The summed E-state index contributed by atoms with van der Waals surface area (Å²) in [6.07, 6.45) is -4.41. The molecule has 1 atom stereocenters. The Morgan fingerprint density at radius 2 is 1.88 bits per heavy atom. The molecule has 11 heteroatoms. The average molecular weight is 484 g/mol. The lowest BCUT2D eigenvalue weighted by molar-refractivity contribution is -0.137. The molecule has 0 aliphatic carbocycles. The number of carbonyl (C=O) groups is 1. The molecule has 6 nitrogen and oxygen atoms in total. The maximum Gasteiger partial charge on any atom is 0.416 e. The number of aromatic nitrogens is 3. The van der Waals surface area contributed by atoms with Crippen molar-refractivity contribution in [2.75, 3.05) is 10.6 Å². The van der Waals surface area contributed by atoms with E-state index >= 15 is 0 Å². The number of rotatable bonds is 8. The van der Waals surface area contributed by atoms with Gasteiger partial charge in [0.05, 0.1) is 17.4 Å². The van der Waals surface area contributed by atoms with Crippen molar-refractivity contribution < 1.29 is 18.0 Å². The number of nitrogens with one attached hydrogen (secondary N) is 2. The van der Waals surface area contributed by atoms with Gasteiger partial charge in [0, 0.05) is 22.9 Å². The number of halogens is 4. The Balaban J connectivity index is 1.65. The van der Waals surface area contributed by atoms with E-state index in [0.717, 1.165) is 12.1 Å². The minimum Gasteiger partial charge on any atom is -0.378 e. The van der Waals surface area contributed by atoms with Crippen molar-refractivity contribution in [2.24, 2.45) is 0 Å². The van der Waals surface area contributed by atoms with Crippen LogP contribution >= 0.6 is 23.4 Å². The number of nitrogens with zero attached hydrogens (tertiary/aromatic N) is 3. The molecule has 3 aromatic rings. The van der Waals surface area contributed by atoms with Crippen LogP contribution in [0.5, 0.6) is 0 Å². The first kappa shape index (κ1) is 23.9. The molecule has 1 heterocycles. The van der Waals surface area contributed by atoms with E-state index in [0.29, 0.717) is 33.9 Å². The van der Waals surface area contributed by atoms with Gasteiger partial charge in [-0.15, -0.1) is 10.2 Å². The van der Waals surface area contributed by atoms with Crippen LogP contribution in [-0.4, -0.2) is 25.9 Å². The lowest BCUT2D eigenvalue weighted by atomic mass is 10.2. The van der Waals surface area contributed by atoms with Crippen molar-refractivity contribution in [1.29, 1.82) is 0 Å². The second kappa shape index (κ2) is 10.3. The van der Waals surface area contributed by atoms with Gasteiger partial charge >= 0.3 is 6.18 Å². The number of hydrogen-bond donors (Lipinski definition) is 2. The fourth-order valence-electron chi connectivity index (χ4n) is 2.86. The van der Waals surface area contributed by atoms with Crippen LogP contribution in [0.3, 0.4) is 0 Å². The zero-order chi connectivity index (χ0) is 23.3. The van der Waals surface area contributed by atoms with Crippen LogP contribution in [0.15, 0.2) is 53.7 Å². The normalized spacial score (nSPS) is 12.4. The molecule has 170 valence electrons. The molecular weight excluding hydrogens is 463 g/mol. The van der Waals surface area contributed by atoms with Gasteiger partial charge in [0.25, 0.3) is 0 Å². The van der Waals surface area contributed by atoms with Crippen LogP contribution < -0.4 is 10.6 Å². The smallest absolute Gasteiger partial charge is 0.378 e. The lowest BCUT2D eigenvalue weighted by Crippen LogP contribution is -2.23. The van der Waals surface area contributed by atoms with Gasteiger partial charge in [0.1, 0.15) is 0 Å². The summed E-state index contributed by atoms with van der Waals surface area (Å²) in [5.74, 6) is 0.335. The molecule has 3 rings (SSSR count). The van der Waals surface area contributed by atoms with Gasteiger partial charge in [-0.2, -0.15) is 13.2 Å². The highest BCUT2D eigenvalue weighted by atomic mass is 35.5. The maximum absolute atomic E-state index is 12.9. The Labute approximate surface area is 192 Å². The topological polar surface area (TPSA) is 71.8 Å². The van der Waals surface area contributed by atoms with Crippen molar-refractivity contribution in [2.45, 2.75) is 43.5 Å². The van der Waals surface area contributed by atoms with E-state index in [1.165, 1.54) is 17.8 Å². The first-order chi connectivity index (χ1) is 15.2. The summed E-state index contributed by atoms with van der Waals surface area (Å²) in [6, 6.07) is 11.8. The van der Waals surface area contributed by atoms with E-state index in [4.69, 9.17) is 11.6 Å². The molecule has 1 unspecified atom stereocenters. The monoisotopic (exact) mass is 483 g/mol. The molecule has 0 radical (unpaired) electrons. The van der Waals surface area contributed by atoms with Crippen molar-refractivity contribution in [3.63, 3.8) is 0 Å². The number of thioether (sulfide) groups is 1. The number of anilines is 2. The van der Waals surface area contributed by atoms with E-state index in [-0.39, 0.29) is 12.5 Å². The molecule has 1 amide bonds. The molecule has 0 spiro atoms. The zero-order valence-corrected chi connectivity index (χ0v) is 18.9. The van der Waals surface area contributed by atoms with E-state index in [1.807, 2.05) is 11.5 Å². The standard InChI is InChI=1S/C21H21ClF3N5OS/c1-3-30-18(12-26-16-8-4-6-14(10-16)21(23,24)25)28-29-20(30)32-13(2)19(31)27-17-9-5-7-15(22)11-17/h4-11,13,26H,3,12H2,1-2H3,(H,27,31). The van der Waals surface area contributed by atoms with Crippen molar-refractivity contribution in [1.82, 2.24) is 14.8 Å². The van der Waals surface area contributed by atoms with Crippen molar-refractivity contribution in [3.8, 4) is 0 Å². The Hall–Kier alpha value is -2.72. The molecule has 2 N–H and O–H groups in total. The highest BCUT2D eigenvalue weighted by Crippen LogP contribution is 2.31. The Kier molecular flexibility index (Phi) is 7.68. The Morgan fingerprint density at radius 1 is 1.16 bits per heavy atom. The van der Waals surface area contributed by atoms with E-state index < -0.39 is 17.0 Å². The van der Waals surface area contributed by atoms with Crippen LogP contribution in [0.1, 0.15) is 25.2 Å². The fourth-order valence-corrected chi connectivity index (χ4v) is 3.99. The maximum atomic E-state index is 12.9. The second-order valence-corrected chi connectivity index (χ2v) is 8.58.